The lowest BCUT2D eigenvalue weighted by atomic mass is 10.2. The molecule has 0 aliphatic carbocycles. The molecule has 1 aromatic rings. The summed E-state index contributed by atoms with van der Waals surface area (Å²) in [5.41, 5.74) is -0.823. The number of nitrogens with zero attached hydrogens (tertiary/aromatic N) is 1. The van der Waals surface area contributed by atoms with Crippen LogP contribution in [0.1, 0.15) is 16.1 Å². The van der Waals surface area contributed by atoms with Crippen molar-refractivity contribution in [3.05, 3.63) is 27.1 Å². The minimum absolute atomic E-state index is 0.161. The Morgan fingerprint density at radius 3 is 2.46 bits per heavy atom. The van der Waals surface area contributed by atoms with E-state index in [-0.39, 0.29) is 9.13 Å². The summed E-state index contributed by atoms with van der Waals surface area (Å²) in [5, 5.41) is 0. The normalized spacial score (nSPS) is 11.4. The fourth-order valence-corrected chi connectivity index (χ4v) is 1.24. The molecule has 6 heteroatoms. The molecule has 0 atom stereocenters. The van der Waals surface area contributed by atoms with Crippen molar-refractivity contribution in [2.75, 3.05) is 0 Å². The highest BCUT2D eigenvalue weighted by atomic mass is 127. The third-order valence-corrected chi connectivity index (χ3v) is 2.23. The standard InChI is InChI=1S/C7H3F3INO/c8-7(9,10)6-1-5(11)4(3-13)2-12-6/h1-3H. The molecule has 1 heterocycles. The highest BCUT2D eigenvalue weighted by molar-refractivity contribution is 14.1. The van der Waals surface area contributed by atoms with E-state index in [0.29, 0.717) is 6.29 Å². The molecule has 0 saturated heterocycles. The lowest BCUT2D eigenvalue weighted by Crippen LogP contribution is -2.08. The first-order chi connectivity index (χ1) is 5.95. The molecule has 1 rings (SSSR count). The third kappa shape index (κ3) is 2.39. The lowest BCUT2D eigenvalue weighted by Gasteiger charge is -2.05. The molecular weight excluding hydrogens is 298 g/mol. The van der Waals surface area contributed by atoms with Crippen LogP contribution in [0.5, 0.6) is 0 Å². The van der Waals surface area contributed by atoms with E-state index in [2.05, 4.69) is 4.98 Å². The van der Waals surface area contributed by atoms with Gasteiger partial charge >= 0.3 is 6.18 Å². The van der Waals surface area contributed by atoms with Gasteiger partial charge in [0.05, 0.1) is 0 Å². The summed E-state index contributed by atoms with van der Waals surface area (Å²) in [6.07, 6.45) is -3.08. The minimum Gasteiger partial charge on any atom is -0.298 e. The molecule has 13 heavy (non-hydrogen) atoms. The van der Waals surface area contributed by atoms with Crippen LogP contribution in [0.3, 0.4) is 0 Å². The molecule has 0 fully saturated rings. The number of pyridine rings is 1. The van der Waals surface area contributed by atoms with Crippen molar-refractivity contribution >= 4 is 28.9 Å². The maximum atomic E-state index is 12.0. The number of carbonyl (C=O) groups is 1. The number of aromatic nitrogens is 1. The fraction of sp³-hybridized carbons (Fsp3) is 0.143. The molecule has 0 saturated carbocycles. The van der Waals surface area contributed by atoms with E-state index in [1.165, 1.54) is 0 Å². The first-order valence-corrected chi connectivity index (χ1v) is 4.21. The van der Waals surface area contributed by atoms with Gasteiger partial charge in [0.1, 0.15) is 5.69 Å². The van der Waals surface area contributed by atoms with Crippen LogP contribution in [0, 0.1) is 3.57 Å². The molecule has 0 N–H and O–H groups in total. The van der Waals surface area contributed by atoms with Crippen LogP contribution in [0.4, 0.5) is 13.2 Å². The molecule has 0 spiro atoms. The Hall–Kier alpha value is -0.660. The Morgan fingerprint density at radius 1 is 1.46 bits per heavy atom. The van der Waals surface area contributed by atoms with Crippen molar-refractivity contribution in [3.63, 3.8) is 0 Å². The minimum atomic E-state index is -4.46. The molecule has 0 bridgehead atoms. The Kier molecular flexibility index (Phi) is 2.89. The van der Waals surface area contributed by atoms with Gasteiger partial charge in [-0.1, -0.05) is 0 Å². The molecule has 0 aliphatic heterocycles. The molecule has 1 aromatic heterocycles. The third-order valence-electron chi connectivity index (χ3n) is 1.30. The second kappa shape index (κ2) is 3.60. The number of halogens is 4. The average Bonchev–Trinajstić information content (AvgIpc) is 2.02. The number of hydrogen-bond donors (Lipinski definition) is 0. The summed E-state index contributed by atoms with van der Waals surface area (Å²) < 4.78 is 36.4. The molecule has 0 unspecified atom stereocenters. The van der Waals surface area contributed by atoms with Gasteiger partial charge in [0, 0.05) is 15.3 Å². The predicted octanol–water partition coefficient (Wildman–Crippen LogP) is 2.52. The van der Waals surface area contributed by atoms with Crippen molar-refractivity contribution in [1.29, 1.82) is 0 Å². The van der Waals surface area contributed by atoms with Crippen molar-refractivity contribution in [2.45, 2.75) is 6.18 Å². The number of alkyl halides is 3. The van der Waals surface area contributed by atoms with Crippen LogP contribution in [-0.2, 0) is 6.18 Å². The maximum Gasteiger partial charge on any atom is 0.433 e. The van der Waals surface area contributed by atoms with E-state index in [1.54, 1.807) is 22.6 Å². The SMILES string of the molecule is O=Cc1cnc(C(F)(F)F)cc1I. The fourth-order valence-electron chi connectivity index (χ4n) is 0.683. The van der Waals surface area contributed by atoms with E-state index >= 15 is 0 Å². The van der Waals surface area contributed by atoms with E-state index < -0.39 is 11.9 Å². The highest BCUT2D eigenvalue weighted by Crippen LogP contribution is 2.28. The molecule has 0 radical (unpaired) electrons. The summed E-state index contributed by atoms with van der Waals surface area (Å²) >= 11 is 1.65. The van der Waals surface area contributed by atoms with Crippen molar-refractivity contribution in [1.82, 2.24) is 4.98 Å². The molecule has 2 nitrogen and oxygen atoms in total. The van der Waals surface area contributed by atoms with Gasteiger partial charge in [-0.05, 0) is 28.7 Å². The smallest absolute Gasteiger partial charge is 0.298 e. The lowest BCUT2D eigenvalue weighted by molar-refractivity contribution is -0.141. The van der Waals surface area contributed by atoms with Gasteiger partial charge in [-0.15, -0.1) is 0 Å². The quantitative estimate of drug-likeness (QED) is 0.589. The van der Waals surface area contributed by atoms with E-state index in [9.17, 15) is 18.0 Å². The number of rotatable bonds is 1. The van der Waals surface area contributed by atoms with Gasteiger partial charge in [-0.2, -0.15) is 13.2 Å². The van der Waals surface area contributed by atoms with Crippen molar-refractivity contribution < 1.29 is 18.0 Å². The zero-order valence-corrected chi connectivity index (χ0v) is 8.26. The Balaban J connectivity index is 3.17. The zero-order chi connectivity index (χ0) is 10.1. The van der Waals surface area contributed by atoms with Gasteiger partial charge in [0.25, 0.3) is 0 Å². The zero-order valence-electron chi connectivity index (χ0n) is 6.10. The van der Waals surface area contributed by atoms with E-state index in [1.807, 2.05) is 0 Å². The van der Waals surface area contributed by atoms with Crippen LogP contribution in [0.25, 0.3) is 0 Å². The van der Waals surface area contributed by atoms with Crippen LogP contribution in [0.15, 0.2) is 12.3 Å². The predicted molar refractivity (Wildman–Crippen MR) is 47.3 cm³/mol. The molecule has 0 aliphatic rings. The summed E-state index contributed by atoms with van der Waals surface area (Å²) in [6.45, 7) is 0. The van der Waals surface area contributed by atoms with Crippen LogP contribution in [-0.4, -0.2) is 11.3 Å². The first-order valence-electron chi connectivity index (χ1n) is 3.13. The molecule has 0 amide bonds. The summed E-state index contributed by atoms with van der Waals surface area (Å²) in [5.74, 6) is 0. The average molecular weight is 301 g/mol. The van der Waals surface area contributed by atoms with Gasteiger partial charge in [0.2, 0.25) is 0 Å². The maximum absolute atomic E-state index is 12.0. The first kappa shape index (κ1) is 10.4. The monoisotopic (exact) mass is 301 g/mol. The number of aldehydes is 1. The van der Waals surface area contributed by atoms with E-state index in [0.717, 1.165) is 12.3 Å². The van der Waals surface area contributed by atoms with Crippen LogP contribution < -0.4 is 0 Å². The van der Waals surface area contributed by atoms with E-state index in [4.69, 9.17) is 0 Å². The Labute approximate surface area is 85.3 Å². The van der Waals surface area contributed by atoms with Crippen molar-refractivity contribution in [3.8, 4) is 0 Å². The number of carbonyl (C=O) groups excluding carboxylic acids is 1. The summed E-state index contributed by atoms with van der Waals surface area (Å²) in [4.78, 5) is 13.4. The van der Waals surface area contributed by atoms with Gasteiger partial charge < -0.3 is 0 Å². The van der Waals surface area contributed by atoms with Crippen LogP contribution >= 0.6 is 22.6 Å². The van der Waals surface area contributed by atoms with Gasteiger partial charge in [-0.25, -0.2) is 0 Å². The van der Waals surface area contributed by atoms with Crippen LogP contribution in [0.2, 0.25) is 0 Å². The summed E-state index contributed by atoms with van der Waals surface area (Å²) in [7, 11) is 0. The van der Waals surface area contributed by atoms with Crippen molar-refractivity contribution in [2.24, 2.45) is 0 Å². The second-order valence-electron chi connectivity index (χ2n) is 2.21. The second-order valence-corrected chi connectivity index (χ2v) is 3.37. The van der Waals surface area contributed by atoms with Gasteiger partial charge in [-0.3, -0.25) is 9.78 Å². The highest BCUT2D eigenvalue weighted by Gasteiger charge is 2.32. The topological polar surface area (TPSA) is 30.0 Å². The molecule has 70 valence electrons. The van der Waals surface area contributed by atoms with Gasteiger partial charge in [0.15, 0.2) is 6.29 Å². The summed E-state index contributed by atoms with van der Waals surface area (Å²) in [6, 6.07) is 0.838. The largest absolute Gasteiger partial charge is 0.433 e. The molecular formula is C7H3F3INO. The Bertz CT molecular complexity index is 337. The molecule has 0 aromatic carbocycles. The number of hydrogen-bond acceptors (Lipinski definition) is 2. The Morgan fingerprint density at radius 2 is 2.08 bits per heavy atom.